The lowest BCUT2D eigenvalue weighted by atomic mass is 10.0. The number of benzene rings is 1. The van der Waals surface area contributed by atoms with Gasteiger partial charge in [0.05, 0.1) is 12.9 Å². The van der Waals surface area contributed by atoms with Gasteiger partial charge in [0.15, 0.2) is 0 Å². The molecule has 4 nitrogen and oxygen atoms in total. The third kappa shape index (κ3) is 5.38. The van der Waals surface area contributed by atoms with Crippen molar-refractivity contribution in [3.63, 3.8) is 0 Å². The van der Waals surface area contributed by atoms with Crippen LogP contribution in [0.25, 0.3) is 0 Å². The van der Waals surface area contributed by atoms with Crippen molar-refractivity contribution in [3.8, 4) is 5.75 Å². The monoisotopic (exact) mass is 305 g/mol. The molecular formula is C13H20ClNO3S. The average Bonchev–Trinajstić information content (AvgIpc) is 2.33. The molecule has 1 atom stereocenters. The van der Waals surface area contributed by atoms with Gasteiger partial charge in [-0.25, -0.2) is 8.42 Å². The van der Waals surface area contributed by atoms with Crippen LogP contribution in [0.1, 0.15) is 24.9 Å². The summed E-state index contributed by atoms with van der Waals surface area (Å²) in [6, 6.07) is 5.27. The van der Waals surface area contributed by atoms with E-state index in [4.69, 9.17) is 16.3 Å². The quantitative estimate of drug-likeness (QED) is 0.840. The molecule has 0 aliphatic heterocycles. The molecule has 0 heterocycles. The van der Waals surface area contributed by atoms with Gasteiger partial charge in [0, 0.05) is 22.9 Å². The highest BCUT2D eigenvalue weighted by Crippen LogP contribution is 2.30. The molecule has 0 amide bonds. The van der Waals surface area contributed by atoms with Crippen LogP contribution in [0.2, 0.25) is 5.02 Å². The third-order valence-electron chi connectivity index (χ3n) is 2.80. The zero-order chi connectivity index (χ0) is 14.5. The number of methoxy groups -OCH3 is 1. The molecule has 0 aliphatic carbocycles. The Morgan fingerprint density at radius 1 is 1.42 bits per heavy atom. The minimum Gasteiger partial charge on any atom is -0.496 e. The fourth-order valence-corrected chi connectivity index (χ4v) is 2.77. The van der Waals surface area contributed by atoms with Crippen LogP contribution in [-0.4, -0.2) is 34.1 Å². The zero-order valence-corrected chi connectivity index (χ0v) is 13.0. The Hall–Kier alpha value is -0.780. The van der Waals surface area contributed by atoms with Gasteiger partial charge >= 0.3 is 0 Å². The van der Waals surface area contributed by atoms with Crippen LogP contribution >= 0.6 is 11.6 Å². The van der Waals surface area contributed by atoms with E-state index in [1.54, 1.807) is 19.2 Å². The Labute approximate surface area is 120 Å². The first-order chi connectivity index (χ1) is 8.87. The van der Waals surface area contributed by atoms with Gasteiger partial charge in [-0.2, -0.15) is 0 Å². The number of rotatable bonds is 7. The van der Waals surface area contributed by atoms with Gasteiger partial charge in [0.1, 0.15) is 15.6 Å². The highest BCUT2D eigenvalue weighted by molar-refractivity contribution is 7.90. The topological polar surface area (TPSA) is 55.4 Å². The standard InChI is InChI=1S/C13H20ClNO3S/c1-4-15-12(7-8-19(3,16)17)11-9-10(14)5-6-13(11)18-2/h5-6,9,12,15H,4,7-8H2,1-3H3. The molecule has 0 radical (unpaired) electrons. The van der Waals surface area contributed by atoms with Crippen LogP contribution in [-0.2, 0) is 9.84 Å². The summed E-state index contributed by atoms with van der Waals surface area (Å²) in [5.74, 6) is 0.837. The van der Waals surface area contributed by atoms with Gasteiger partial charge < -0.3 is 10.1 Å². The van der Waals surface area contributed by atoms with Crippen molar-refractivity contribution in [1.82, 2.24) is 5.32 Å². The second kappa shape index (κ2) is 7.12. The number of sulfone groups is 1. The summed E-state index contributed by atoms with van der Waals surface area (Å²) in [7, 11) is -1.40. The normalized spacial score (nSPS) is 13.3. The number of nitrogens with one attached hydrogen (secondary N) is 1. The number of ether oxygens (including phenoxy) is 1. The van der Waals surface area contributed by atoms with E-state index in [1.165, 1.54) is 6.26 Å². The largest absolute Gasteiger partial charge is 0.496 e. The Morgan fingerprint density at radius 2 is 2.11 bits per heavy atom. The Morgan fingerprint density at radius 3 is 2.63 bits per heavy atom. The Bertz CT molecular complexity index is 517. The Balaban J connectivity index is 3.00. The molecule has 6 heteroatoms. The van der Waals surface area contributed by atoms with E-state index in [1.807, 2.05) is 13.0 Å². The number of hydrogen-bond acceptors (Lipinski definition) is 4. The minimum atomic E-state index is -2.99. The van der Waals surface area contributed by atoms with Crippen molar-refractivity contribution in [2.75, 3.05) is 25.7 Å². The molecule has 19 heavy (non-hydrogen) atoms. The van der Waals surface area contributed by atoms with Gasteiger partial charge in [0.25, 0.3) is 0 Å². The van der Waals surface area contributed by atoms with Crippen molar-refractivity contribution in [2.24, 2.45) is 0 Å². The van der Waals surface area contributed by atoms with Crippen LogP contribution < -0.4 is 10.1 Å². The number of halogens is 1. The van der Waals surface area contributed by atoms with E-state index >= 15 is 0 Å². The lowest BCUT2D eigenvalue weighted by Gasteiger charge is -2.20. The molecule has 1 unspecified atom stereocenters. The maximum Gasteiger partial charge on any atom is 0.147 e. The van der Waals surface area contributed by atoms with Crippen LogP contribution in [0, 0.1) is 0 Å². The maximum absolute atomic E-state index is 11.3. The van der Waals surface area contributed by atoms with Crippen molar-refractivity contribution < 1.29 is 13.2 Å². The van der Waals surface area contributed by atoms with Gasteiger partial charge in [0.2, 0.25) is 0 Å². The van der Waals surface area contributed by atoms with Crippen molar-refractivity contribution in [2.45, 2.75) is 19.4 Å². The Kier molecular flexibility index (Phi) is 6.10. The third-order valence-corrected chi connectivity index (χ3v) is 4.01. The van der Waals surface area contributed by atoms with Crippen LogP contribution in [0.5, 0.6) is 5.75 Å². The van der Waals surface area contributed by atoms with Crippen molar-refractivity contribution in [1.29, 1.82) is 0 Å². The molecule has 0 fully saturated rings. The first kappa shape index (κ1) is 16.3. The first-order valence-corrected chi connectivity index (χ1v) is 8.55. The minimum absolute atomic E-state index is 0.0895. The van der Waals surface area contributed by atoms with Gasteiger partial charge in [-0.15, -0.1) is 0 Å². The summed E-state index contributed by atoms with van der Waals surface area (Å²) in [5, 5.41) is 3.88. The predicted molar refractivity (Wildman–Crippen MR) is 78.7 cm³/mol. The molecule has 0 spiro atoms. The van der Waals surface area contributed by atoms with Gasteiger partial charge in [-0.05, 0) is 31.2 Å². The first-order valence-electron chi connectivity index (χ1n) is 6.12. The zero-order valence-electron chi connectivity index (χ0n) is 11.4. The van der Waals surface area contributed by atoms with E-state index in [0.29, 0.717) is 17.2 Å². The van der Waals surface area contributed by atoms with Crippen LogP contribution in [0.4, 0.5) is 0 Å². The summed E-state index contributed by atoms with van der Waals surface area (Å²) in [6.07, 6.45) is 1.73. The van der Waals surface area contributed by atoms with E-state index in [0.717, 1.165) is 12.1 Å². The molecule has 108 valence electrons. The summed E-state index contributed by atoms with van der Waals surface area (Å²) >= 11 is 6.01. The number of hydrogen-bond donors (Lipinski definition) is 1. The summed E-state index contributed by atoms with van der Waals surface area (Å²) in [6.45, 7) is 2.72. The molecule has 1 aromatic rings. The maximum atomic E-state index is 11.3. The fraction of sp³-hybridized carbons (Fsp3) is 0.538. The molecule has 0 aromatic heterocycles. The molecule has 0 aliphatic rings. The van der Waals surface area contributed by atoms with Crippen LogP contribution in [0.15, 0.2) is 18.2 Å². The van der Waals surface area contributed by atoms with Crippen molar-refractivity contribution in [3.05, 3.63) is 28.8 Å². The SMILES string of the molecule is CCNC(CCS(C)(=O)=O)c1cc(Cl)ccc1OC. The molecule has 1 aromatic carbocycles. The summed E-state index contributed by atoms with van der Waals surface area (Å²) in [5.41, 5.74) is 0.889. The molecule has 1 rings (SSSR count). The summed E-state index contributed by atoms with van der Waals surface area (Å²) in [4.78, 5) is 0. The molecule has 0 saturated carbocycles. The van der Waals surface area contributed by atoms with E-state index in [-0.39, 0.29) is 11.8 Å². The van der Waals surface area contributed by atoms with Gasteiger partial charge in [-0.3, -0.25) is 0 Å². The molecular weight excluding hydrogens is 286 g/mol. The van der Waals surface area contributed by atoms with Crippen LogP contribution in [0.3, 0.4) is 0 Å². The average molecular weight is 306 g/mol. The second-order valence-electron chi connectivity index (χ2n) is 4.42. The highest BCUT2D eigenvalue weighted by atomic mass is 35.5. The lowest BCUT2D eigenvalue weighted by Crippen LogP contribution is -2.24. The summed E-state index contributed by atoms with van der Waals surface area (Å²) < 4.78 is 27.9. The van der Waals surface area contributed by atoms with Gasteiger partial charge in [-0.1, -0.05) is 18.5 Å². The smallest absolute Gasteiger partial charge is 0.147 e. The molecule has 0 saturated heterocycles. The highest BCUT2D eigenvalue weighted by Gasteiger charge is 2.17. The van der Waals surface area contributed by atoms with Crippen molar-refractivity contribution >= 4 is 21.4 Å². The predicted octanol–water partition coefficient (Wildman–Crippen LogP) is 2.43. The second-order valence-corrected chi connectivity index (χ2v) is 7.11. The lowest BCUT2D eigenvalue weighted by molar-refractivity contribution is 0.398. The van der Waals surface area contributed by atoms with E-state index in [9.17, 15) is 8.42 Å². The fourth-order valence-electron chi connectivity index (χ4n) is 1.92. The molecule has 0 bridgehead atoms. The molecule has 1 N–H and O–H groups in total. The van der Waals surface area contributed by atoms with E-state index in [2.05, 4.69) is 5.32 Å². The van der Waals surface area contributed by atoms with E-state index < -0.39 is 9.84 Å².